The summed E-state index contributed by atoms with van der Waals surface area (Å²) in [6.07, 6.45) is 0. The molecule has 3 aromatic rings. The molecular formula is C22H23ClN4O5S. The van der Waals surface area contributed by atoms with Gasteiger partial charge in [0, 0.05) is 6.54 Å². The van der Waals surface area contributed by atoms with Crippen LogP contribution < -0.4 is 14.8 Å². The number of hydrogen-bond donors (Lipinski definition) is 1. The van der Waals surface area contributed by atoms with Crippen molar-refractivity contribution in [2.24, 2.45) is 0 Å². The molecule has 0 aliphatic rings. The Morgan fingerprint density at radius 2 is 1.88 bits per heavy atom. The second kappa shape index (κ2) is 11.6. The maximum atomic E-state index is 12.5. The van der Waals surface area contributed by atoms with Crippen molar-refractivity contribution < 1.29 is 23.8 Å². The molecule has 0 saturated heterocycles. The number of hydrogen-bond acceptors (Lipinski definition) is 8. The molecule has 0 saturated carbocycles. The van der Waals surface area contributed by atoms with Crippen molar-refractivity contribution in [3.63, 3.8) is 0 Å². The summed E-state index contributed by atoms with van der Waals surface area (Å²) >= 11 is 7.37. The van der Waals surface area contributed by atoms with E-state index < -0.39 is 5.97 Å². The second-order valence-corrected chi connectivity index (χ2v) is 7.96. The molecule has 1 aromatic heterocycles. The molecule has 0 aliphatic heterocycles. The van der Waals surface area contributed by atoms with Gasteiger partial charge in [0.05, 0.1) is 36.2 Å². The van der Waals surface area contributed by atoms with E-state index in [0.717, 1.165) is 0 Å². The topological polar surface area (TPSA) is 105 Å². The fourth-order valence-electron chi connectivity index (χ4n) is 2.91. The Balaban J connectivity index is 1.62. The number of nitrogens with one attached hydrogen (secondary N) is 1. The minimum Gasteiger partial charge on any atom is -0.493 e. The highest BCUT2D eigenvalue weighted by atomic mass is 35.5. The molecule has 0 atom stereocenters. The number of aromatic nitrogens is 3. The molecule has 9 nitrogen and oxygen atoms in total. The van der Waals surface area contributed by atoms with Crippen LogP contribution >= 0.6 is 23.4 Å². The number of halogens is 1. The maximum absolute atomic E-state index is 12.5. The van der Waals surface area contributed by atoms with Gasteiger partial charge in [0.2, 0.25) is 5.91 Å². The Hall–Kier alpha value is -3.24. The minimum atomic E-state index is -0.518. The molecule has 1 N–H and O–H groups in total. The van der Waals surface area contributed by atoms with E-state index in [0.29, 0.717) is 39.7 Å². The Bertz CT molecular complexity index is 1140. The number of benzene rings is 2. The number of rotatable bonds is 10. The number of anilines is 1. The first-order valence-corrected chi connectivity index (χ1v) is 11.3. The summed E-state index contributed by atoms with van der Waals surface area (Å²) in [5, 5.41) is 12.0. The van der Waals surface area contributed by atoms with E-state index in [1.165, 1.54) is 37.1 Å². The molecule has 1 heterocycles. The van der Waals surface area contributed by atoms with E-state index in [2.05, 4.69) is 15.5 Å². The Kier molecular flexibility index (Phi) is 8.56. The first-order chi connectivity index (χ1) is 16.0. The molecule has 0 bridgehead atoms. The van der Waals surface area contributed by atoms with E-state index in [-0.39, 0.29) is 23.8 Å². The van der Waals surface area contributed by atoms with Crippen LogP contribution in [0.25, 0.3) is 0 Å². The number of esters is 1. The second-order valence-electron chi connectivity index (χ2n) is 6.61. The van der Waals surface area contributed by atoms with E-state index in [1.807, 2.05) is 35.8 Å². The molecule has 0 radical (unpaired) electrons. The van der Waals surface area contributed by atoms with E-state index in [4.69, 9.17) is 25.8 Å². The largest absolute Gasteiger partial charge is 0.493 e. The highest BCUT2D eigenvalue weighted by Crippen LogP contribution is 2.27. The van der Waals surface area contributed by atoms with Gasteiger partial charge in [-0.25, -0.2) is 4.79 Å². The lowest BCUT2D eigenvalue weighted by atomic mass is 10.2. The third-order valence-electron chi connectivity index (χ3n) is 4.53. The van der Waals surface area contributed by atoms with Crippen molar-refractivity contribution in [2.45, 2.75) is 25.2 Å². The van der Waals surface area contributed by atoms with E-state index >= 15 is 0 Å². The zero-order valence-corrected chi connectivity index (χ0v) is 19.9. The molecular weight excluding hydrogens is 468 g/mol. The lowest BCUT2D eigenvalue weighted by molar-refractivity contribution is -0.113. The maximum Gasteiger partial charge on any atom is 0.337 e. The molecule has 3 rings (SSSR count). The summed E-state index contributed by atoms with van der Waals surface area (Å²) in [7, 11) is 2.86. The minimum absolute atomic E-state index is 0.0737. The van der Waals surface area contributed by atoms with Gasteiger partial charge in [0.15, 0.2) is 22.5 Å². The highest BCUT2D eigenvalue weighted by molar-refractivity contribution is 7.99. The molecule has 0 spiro atoms. The number of para-hydroxylation sites is 2. The quantitative estimate of drug-likeness (QED) is 0.335. The summed E-state index contributed by atoms with van der Waals surface area (Å²) in [5.74, 6) is 1.10. The fraction of sp³-hybridized carbons (Fsp3) is 0.273. The van der Waals surface area contributed by atoms with Crippen LogP contribution in [0.2, 0.25) is 5.02 Å². The molecule has 11 heteroatoms. The lowest BCUT2D eigenvalue weighted by Gasteiger charge is -2.11. The van der Waals surface area contributed by atoms with Crippen LogP contribution in [0.5, 0.6) is 11.5 Å². The first-order valence-electron chi connectivity index (χ1n) is 9.95. The van der Waals surface area contributed by atoms with Crippen molar-refractivity contribution in [1.82, 2.24) is 14.8 Å². The standard InChI is InChI=1S/C22H23ClN4O5S/c1-4-27-19(12-32-18-8-6-5-7-17(18)30-2)25-26-22(27)33-13-20(28)24-16-11-14(21(29)31-3)9-10-15(16)23/h5-11H,4,12-13H2,1-3H3,(H,24,28). The van der Waals surface area contributed by atoms with Gasteiger partial charge in [0.1, 0.15) is 6.61 Å². The van der Waals surface area contributed by atoms with Crippen LogP contribution in [0.1, 0.15) is 23.1 Å². The molecule has 33 heavy (non-hydrogen) atoms. The molecule has 1 amide bonds. The van der Waals surface area contributed by atoms with Crippen LogP contribution in [-0.2, 0) is 22.7 Å². The number of thioether (sulfide) groups is 1. The monoisotopic (exact) mass is 490 g/mol. The predicted octanol–water partition coefficient (Wildman–Crippen LogP) is 4.06. The number of amides is 1. The van der Waals surface area contributed by atoms with E-state index in [1.54, 1.807) is 7.11 Å². The van der Waals surface area contributed by atoms with Gasteiger partial charge in [-0.05, 0) is 37.3 Å². The van der Waals surface area contributed by atoms with Crippen LogP contribution in [0.4, 0.5) is 5.69 Å². The number of carbonyl (C=O) groups is 2. The summed E-state index contributed by atoms with van der Waals surface area (Å²) in [5.41, 5.74) is 0.614. The van der Waals surface area contributed by atoms with Crippen molar-refractivity contribution in [3.8, 4) is 11.5 Å². The van der Waals surface area contributed by atoms with Gasteiger partial charge in [0.25, 0.3) is 0 Å². The number of ether oxygens (including phenoxy) is 3. The van der Waals surface area contributed by atoms with Crippen LogP contribution in [0, 0.1) is 0 Å². The Morgan fingerprint density at radius 1 is 1.12 bits per heavy atom. The van der Waals surface area contributed by atoms with Crippen LogP contribution in [0.15, 0.2) is 47.6 Å². The highest BCUT2D eigenvalue weighted by Gasteiger charge is 2.16. The van der Waals surface area contributed by atoms with Gasteiger partial charge >= 0.3 is 5.97 Å². The van der Waals surface area contributed by atoms with E-state index in [9.17, 15) is 9.59 Å². The number of nitrogens with zero attached hydrogens (tertiary/aromatic N) is 3. The van der Waals surface area contributed by atoms with Crippen molar-refractivity contribution in [3.05, 3.63) is 58.9 Å². The van der Waals surface area contributed by atoms with Gasteiger partial charge in [-0.1, -0.05) is 35.5 Å². The SMILES string of the molecule is CCn1c(COc2ccccc2OC)nnc1SCC(=O)Nc1cc(C(=O)OC)ccc1Cl. The summed E-state index contributed by atoms with van der Waals surface area (Å²) in [4.78, 5) is 24.2. The van der Waals surface area contributed by atoms with Crippen molar-refractivity contribution in [1.29, 1.82) is 0 Å². The lowest BCUT2D eigenvalue weighted by Crippen LogP contribution is -2.16. The number of methoxy groups -OCH3 is 2. The Labute approximate surface area is 200 Å². The van der Waals surface area contributed by atoms with Crippen molar-refractivity contribution in [2.75, 3.05) is 25.3 Å². The smallest absolute Gasteiger partial charge is 0.337 e. The van der Waals surface area contributed by atoms with Gasteiger partial charge in [-0.3, -0.25) is 4.79 Å². The fourth-order valence-corrected chi connectivity index (χ4v) is 3.90. The van der Waals surface area contributed by atoms with Gasteiger partial charge in [-0.2, -0.15) is 0 Å². The average molecular weight is 491 g/mol. The zero-order chi connectivity index (χ0) is 23.8. The zero-order valence-electron chi connectivity index (χ0n) is 18.3. The first kappa shape index (κ1) is 24.4. The predicted molar refractivity (Wildman–Crippen MR) is 125 cm³/mol. The third kappa shape index (κ3) is 6.17. The molecule has 2 aromatic carbocycles. The third-order valence-corrected chi connectivity index (χ3v) is 5.83. The van der Waals surface area contributed by atoms with Crippen LogP contribution in [0.3, 0.4) is 0 Å². The summed E-state index contributed by atoms with van der Waals surface area (Å²) < 4.78 is 17.7. The normalized spacial score (nSPS) is 10.5. The molecule has 0 aliphatic carbocycles. The van der Waals surface area contributed by atoms with Crippen molar-refractivity contribution >= 4 is 40.9 Å². The van der Waals surface area contributed by atoms with Gasteiger partial charge in [-0.15, -0.1) is 10.2 Å². The number of carbonyl (C=O) groups excluding carboxylic acids is 2. The van der Waals surface area contributed by atoms with Gasteiger partial charge < -0.3 is 24.1 Å². The Morgan fingerprint density at radius 3 is 2.58 bits per heavy atom. The summed E-state index contributed by atoms with van der Waals surface area (Å²) in [6, 6.07) is 11.9. The molecule has 174 valence electrons. The molecule has 0 unspecified atom stereocenters. The summed E-state index contributed by atoms with van der Waals surface area (Å²) in [6.45, 7) is 2.76. The molecule has 0 fully saturated rings. The van der Waals surface area contributed by atoms with Crippen LogP contribution in [-0.4, -0.2) is 46.6 Å². The average Bonchev–Trinajstić information content (AvgIpc) is 3.24.